The van der Waals surface area contributed by atoms with Gasteiger partial charge in [0.15, 0.2) is 0 Å². The van der Waals surface area contributed by atoms with Crippen molar-refractivity contribution in [2.24, 2.45) is 0 Å². The van der Waals surface area contributed by atoms with Crippen LogP contribution in [0.3, 0.4) is 0 Å². The predicted octanol–water partition coefficient (Wildman–Crippen LogP) is 2.36. The molecule has 0 amide bonds. The zero-order valence-electron chi connectivity index (χ0n) is 9.24. The fraction of sp³-hybridized carbons (Fsp3) is 0.154. The molecule has 1 aromatic carbocycles. The maximum Gasteiger partial charge on any atom is 0.255 e. The van der Waals surface area contributed by atoms with E-state index in [0.717, 1.165) is 11.1 Å². The molecule has 0 fully saturated rings. The van der Waals surface area contributed by atoms with Crippen LogP contribution in [-0.2, 0) is 0 Å². The van der Waals surface area contributed by atoms with E-state index in [4.69, 9.17) is 0 Å². The minimum atomic E-state index is -0.254. The van der Waals surface area contributed by atoms with Gasteiger partial charge in [-0.25, -0.2) is 0 Å². The van der Waals surface area contributed by atoms with Gasteiger partial charge in [0.25, 0.3) is 5.56 Å². The zero-order valence-corrected chi connectivity index (χ0v) is 9.24. The fourth-order valence-corrected chi connectivity index (χ4v) is 1.50. The van der Waals surface area contributed by atoms with E-state index in [2.05, 4.69) is 4.98 Å². The molecule has 82 valence electrons. The normalized spacial score (nSPS) is 10.4. The van der Waals surface area contributed by atoms with Gasteiger partial charge in [-0.2, -0.15) is 0 Å². The Labute approximate surface area is 93.4 Å². The van der Waals surface area contributed by atoms with Crippen molar-refractivity contribution in [3.8, 4) is 17.0 Å². The Bertz CT molecular complexity index is 567. The van der Waals surface area contributed by atoms with E-state index in [0.29, 0.717) is 11.3 Å². The molecular formula is C13H13NO2. The molecule has 3 heteroatoms. The molecule has 0 atom stereocenters. The van der Waals surface area contributed by atoms with Crippen LogP contribution in [0, 0.1) is 13.8 Å². The molecule has 0 saturated heterocycles. The van der Waals surface area contributed by atoms with Gasteiger partial charge >= 0.3 is 0 Å². The van der Waals surface area contributed by atoms with Crippen LogP contribution in [0.15, 0.2) is 35.1 Å². The van der Waals surface area contributed by atoms with Crippen LogP contribution in [0.2, 0.25) is 0 Å². The van der Waals surface area contributed by atoms with Gasteiger partial charge in [-0.05, 0) is 19.4 Å². The number of rotatable bonds is 1. The summed E-state index contributed by atoms with van der Waals surface area (Å²) in [7, 11) is 0. The van der Waals surface area contributed by atoms with Gasteiger partial charge in [0.05, 0.1) is 11.3 Å². The molecule has 0 radical (unpaired) electrons. The summed E-state index contributed by atoms with van der Waals surface area (Å²) in [5.41, 5.74) is 2.76. The molecule has 16 heavy (non-hydrogen) atoms. The standard InChI is InChI=1S/C13H13NO2/c1-8-3-5-10(6-4-8)11-7-12(15)9(2)13(16)14-11/h3-7H,1-2H3,(H2,14,15,16). The SMILES string of the molecule is Cc1ccc(-c2cc(O)c(C)c(=O)[nH]2)cc1. The van der Waals surface area contributed by atoms with E-state index in [1.54, 1.807) is 13.0 Å². The number of aromatic nitrogens is 1. The molecule has 2 N–H and O–H groups in total. The van der Waals surface area contributed by atoms with Gasteiger partial charge in [0.1, 0.15) is 5.75 Å². The molecule has 1 heterocycles. The van der Waals surface area contributed by atoms with Gasteiger partial charge in [-0.1, -0.05) is 29.8 Å². The first-order valence-corrected chi connectivity index (χ1v) is 5.08. The van der Waals surface area contributed by atoms with Gasteiger partial charge in [-0.3, -0.25) is 4.79 Å². The molecule has 0 unspecified atom stereocenters. The highest BCUT2D eigenvalue weighted by Crippen LogP contribution is 2.21. The van der Waals surface area contributed by atoms with Crippen LogP contribution in [0.5, 0.6) is 5.75 Å². The molecule has 0 aliphatic carbocycles. The highest BCUT2D eigenvalue weighted by atomic mass is 16.3. The molecule has 2 aromatic rings. The third-order valence-corrected chi connectivity index (χ3v) is 2.62. The van der Waals surface area contributed by atoms with Crippen LogP contribution in [0.25, 0.3) is 11.3 Å². The van der Waals surface area contributed by atoms with Crippen LogP contribution in [-0.4, -0.2) is 10.1 Å². The summed E-state index contributed by atoms with van der Waals surface area (Å²) in [6, 6.07) is 9.32. The lowest BCUT2D eigenvalue weighted by Crippen LogP contribution is -2.09. The van der Waals surface area contributed by atoms with E-state index in [1.165, 1.54) is 0 Å². The number of benzene rings is 1. The maximum absolute atomic E-state index is 11.5. The molecule has 2 rings (SSSR count). The second-order valence-electron chi connectivity index (χ2n) is 3.89. The quantitative estimate of drug-likeness (QED) is 0.767. The summed E-state index contributed by atoms with van der Waals surface area (Å²) >= 11 is 0. The summed E-state index contributed by atoms with van der Waals surface area (Å²) in [4.78, 5) is 14.2. The molecule has 0 bridgehead atoms. The second-order valence-corrected chi connectivity index (χ2v) is 3.89. The van der Waals surface area contributed by atoms with Crippen molar-refractivity contribution in [2.45, 2.75) is 13.8 Å². The average Bonchev–Trinajstić information content (AvgIpc) is 2.26. The highest BCUT2D eigenvalue weighted by molar-refractivity contribution is 5.61. The molecule has 0 aliphatic heterocycles. The monoisotopic (exact) mass is 215 g/mol. The van der Waals surface area contributed by atoms with E-state index < -0.39 is 0 Å². The van der Waals surface area contributed by atoms with E-state index in [-0.39, 0.29) is 11.3 Å². The van der Waals surface area contributed by atoms with E-state index >= 15 is 0 Å². The van der Waals surface area contributed by atoms with Crippen molar-refractivity contribution < 1.29 is 5.11 Å². The number of pyridine rings is 1. The fourth-order valence-electron chi connectivity index (χ4n) is 1.50. The third-order valence-electron chi connectivity index (χ3n) is 2.62. The van der Waals surface area contributed by atoms with E-state index in [9.17, 15) is 9.90 Å². The minimum absolute atomic E-state index is 0.0272. The number of aromatic amines is 1. The van der Waals surface area contributed by atoms with Crippen molar-refractivity contribution in [1.82, 2.24) is 4.98 Å². The lowest BCUT2D eigenvalue weighted by Gasteiger charge is -2.04. The Balaban J connectivity index is 2.57. The number of aryl methyl sites for hydroxylation is 1. The molecule has 0 aliphatic rings. The maximum atomic E-state index is 11.5. The minimum Gasteiger partial charge on any atom is -0.507 e. The van der Waals surface area contributed by atoms with Crippen LogP contribution >= 0.6 is 0 Å². The number of hydrogen-bond acceptors (Lipinski definition) is 2. The first-order valence-electron chi connectivity index (χ1n) is 5.08. The first-order chi connectivity index (χ1) is 7.58. The summed E-state index contributed by atoms with van der Waals surface area (Å²) in [6.07, 6.45) is 0. The summed E-state index contributed by atoms with van der Waals surface area (Å²) < 4.78 is 0. The summed E-state index contributed by atoms with van der Waals surface area (Å²) in [6.45, 7) is 3.59. The first kappa shape index (κ1) is 10.5. The van der Waals surface area contributed by atoms with Gasteiger partial charge < -0.3 is 10.1 Å². The summed E-state index contributed by atoms with van der Waals surface area (Å²) in [5.74, 6) is 0.0272. The van der Waals surface area contributed by atoms with Crippen molar-refractivity contribution in [3.05, 3.63) is 51.8 Å². The Morgan fingerprint density at radius 1 is 1.12 bits per heavy atom. The molecular weight excluding hydrogens is 202 g/mol. The van der Waals surface area contributed by atoms with Crippen molar-refractivity contribution in [3.63, 3.8) is 0 Å². The van der Waals surface area contributed by atoms with Crippen molar-refractivity contribution >= 4 is 0 Å². The predicted molar refractivity (Wildman–Crippen MR) is 63.6 cm³/mol. The van der Waals surface area contributed by atoms with Crippen molar-refractivity contribution in [2.75, 3.05) is 0 Å². The van der Waals surface area contributed by atoms with Crippen LogP contribution in [0.1, 0.15) is 11.1 Å². The van der Waals surface area contributed by atoms with Gasteiger partial charge in [-0.15, -0.1) is 0 Å². The highest BCUT2D eigenvalue weighted by Gasteiger charge is 2.05. The van der Waals surface area contributed by atoms with Gasteiger partial charge in [0, 0.05) is 6.07 Å². The second kappa shape index (κ2) is 3.85. The smallest absolute Gasteiger partial charge is 0.255 e. The zero-order chi connectivity index (χ0) is 11.7. The molecule has 3 nitrogen and oxygen atoms in total. The Kier molecular flexibility index (Phi) is 2.52. The molecule has 1 aromatic heterocycles. The topological polar surface area (TPSA) is 53.1 Å². The largest absolute Gasteiger partial charge is 0.507 e. The molecule has 0 spiro atoms. The van der Waals surface area contributed by atoms with Crippen molar-refractivity contribution in [1.29, 1.82) is 0 Å². The lowest BCUT2D eigenvalue weighted by atomic mass is 10.1. The molecule has 0 saturated carbocycles. The summed E-state index contributed by atoms with van der Waals surface area (Å²) in [5, 5.41) is 9.58. The number of H-pyrrole nitrogens is 1. The number of hydrogen-bond donors (Lipinski definition) is 2. The van der Waals surface area contributed by atoms with E-state index in [1.807, 2.05) is 31.2 Å². The average molecular weight is 215 g/mol. The lowest BCUT2D eigenvalue weighted by molar-refractivity contribution is 0.469. The Hall–Kier alpha value is -2.03. The van der Waals surface area contributed by atoms with Gasteiger partial charge in [0.2, 0.25) is 0 Å². The number of nitrogens with one attached hydrogen (secondary N) is 1. The Morgan fingerprint density at radius 2 is 1.75 bits per heavy atom. The van der Waals surface area contributed by atoms with Crippen LogP contribution in [0.4, 0.5) is 0 Å². The Morgan fingerprint density at radius 3 is 2.31 bits per heavy atom. The number of aromatic hydroxyl groups is 1. The van der Waals surface area contributed by atoms with Crippen LogP contribution < -0.4 is 5.56 Å². The third kappa shape index (κ3) is 1.84.